The van der Waals surface area contributed by atoms with Crippen molar-refractivity contribution in [2.45, 2.75) is 29.5 Å². The highest BCUT2D eigenvalue weighted by Crippen LogP contribution is 2.42. The van der Waals surface area contributed by atoms with Gasteiger partial charge in [0, 0.05) is 0 Å². The lowest BCUT2D eigenvalue weighted by Gasteiger charge is -2.40. The minimum absolute atomic E-state index is 0.614. The minimum Gasteiger partial charge on any atom is -0.493 e. The molecule has 100 valence electrons. The minimum atomic E-state index is -1.33. The summed E-state index contributed by atoms with van der Waals surface area (Å²) in [5.74, 6) is 1.34. The van der Waals surface area contributed by atoms with Crippen LogP contribution in [0.4, 0.5) is 0 Å². The first-order valence-corrected chi connectivity index (χ1v) is 7.08. The molecule has 0 aliphatic rings. The molecular formula is C13H19B2NO2S. The number of rotatable bonds is 5. The van der Waals surface area contributed by atoms with E-state index in [1.165, 1.54) is 0 Å². The van der Waals surface area contributed by atoms with Crippen LogP contribution in [-0.2, 0) is 5.41 Å². The van der Waals surface area contributed by atoms with Gasteiger partial charge < -0.3 is 15.2 Å². The highest BCUT2D eigenvalue weighted by atomic mass is 32.2. The molecule has 0 saturated carbocycles. The van der Waals surface area contributed by atoms with Crippen molar-refractivity contribution in [2.24, 2.45) is 5.73 Å². The molecule has 0 heterocycles. The number of hydrogen-bond acceptors (Lipinski definition) is 4. The van der Waals surface area contributed by atoms with E-state index in [0.29, 0.717) is 11.5 Å². The zero-order chi connectivity index (χ0) is 14.8. The van der Waals surface area contributed by atoms with Crippen molar-refractivity contribution >= 4 is 27.5 Å². The van der Waals surface area contributed by atoms with Crippen LogP contribution in [0, 0.1) is 0 Å². The van der Waals surface area contributed by atoms with E-state index in [4.69, 9.17) is 30.9 Å². The fourth-order valence-corrected chi connectivity index (χ4v) is 2.31. The molecule has 2 N–H and O–H groups in total. The molecular weight excluding hydrogens is 256 g/mol. The Morgan fingerprint density at radius 1 is 1.16 bits per heavy atom. The molecule has 1 aromatic carbocycles. The summed E-state index contributed by atoms with van der Waals surface area (Å²) in [6.07, 6.45) is 1.97. The molecule has 1 aromatic rings. The predicted molar refractivity (Wildman–Crippen MR) is 82.8 cm³/mol. The fraction of sp³-hybridized carbons (Fsp3) is 0.538. The second-order valence-corrected chi connectivity index (χ2v) is 5.82. The van der Waals surface area contributed by atoms with E-state index in [1.54, 1.807) is 26.0 Å². The summed E-state index contributed by atoms with van der Waals surface area (Å²) < 4.78 is 10.7. The molecule has 3 nitrogen and oxygen atoms in total. The van der Waals surface area contributed by atoms with Crippen molar-refractivity contribution < 1.29 is 9.47 Å². The van der Waals surface area contributed by atoms with E-state index < -0.39 is 10.8 Å². The standard InChI is InChI=1S/C13H19B2NO2S/c1-12(2,13(14,15)16)8-6-9(17-3)11(18-4)10(7-8)19-5/h6-7H,16H2,1-5H3. The summed E-state index contributed by atoms with van der Waals surface area (Å²) in [4.78, 5) is 0.953. The van der Waals surface area contributed by atoms with E-state index >= 15 is 0 Å². The molecule has 0 saturated heterocycles. The van der Waals surface area contributed by atoms with Gasteiger partial charge in [0.25, 0.3) is 0 Å². The van der Waals surface area contributed by atoms with Gasteiger partial charge in [-0.15, -0.1) is 11.8 Å². The van der Waals surface area contributed by atoms with E-state index in [2.05, 4.69) is 0 Å². The summed E-state index contributed by atoms with van der Waals surface area (Å²) in [6, 6.07) is 3.84. The van der Waals surface area contributed by atoms with Gasteiger partial charge in [-0.1, -0.05) is 19.2 Å². The number of hydrogen-bond donors (Lipinski definition) is 1. The van der Waals surface area contributed by atoms with Crippen LogP contribution in [0.1, 0.15) is 19.4 Å². The first-order valence-electron chi connectivity index (χ1n) is 5.86. The third-order valence-corrected chi connectivity index (χ3v) is 4.21. The summed E-state index contributed by atoms with van der Waals surface area (Å²) in [5.41, 5.74) is 6.17. The molecule has 6 heteroatoms. The summed E-state index contributed by atoms with van der Waals surface area (Å²) in [5, 5.41) is -1.33. The van der Waals surface area contributed by atoms with Crippen LogP contribution >= 0.6 is 11.8 Å². The molecule has 0 bridgehead atoms. The fourth-order valence-electron chi connectivity index (χ4n) is 1.69. The number of thioether (sulfide) groups is 1. The Morgan fingerprint density at radius 3 is 2.11 bits per heavy atom. The van der Waals surface area contributed by atoms with E-state index in [9.17, 15) is 0 Å². The topological polar surface area (TPSA) is 44.5 Å². The maximum absolute atomic E-state index is 5.88. The Kier molecular flexibility index (Phi) is 4.91. The molecule has 0 aliphatic heterocycles. The molecule has 0 unspecified atom stereocenters. The maximum atomic E-state index is 5.88. The zero-order valence-corrected chi connectivity index (χ0v) is 12.9. The lowest BCUT2D eigenvalue weighted by atomic mass is 9.48. The quantitative estimate of drug-likeness (QED) is 0.655. The third-order valence-electron chi connectivity index (χ3n) is 3.47. The second-order valence-electron chi connectivity index (χ2n) is 4.97. The highest BCUT2D eigenvalue weighted by molar-refractivity contribution is 7.98. The SMILES string of the molecule is [B]C([B])(N)C(C)(C)c1cc(OC)c(OC)c(SC)c1. The average Bonchev–Trinajstić information content (AvgIpc) is 2.35. The molecule has 0 amide bonds. The second kappa shape index (κ2) is 5.71. The molecule has 0 atom stereocenters. The van der Waals surface area contributed by atoms with E-state index in [-0.39, 0.29) is 0 Å². The van der Waals surface area contributed by atoms with E-state index in [1.807, 2.05) is 32.2 Å². The molecule has 0 fully saturated rings. The van der Waals surface area contributed by atoms with Crippen molar-refractivity contribution in [3.63, 3.8) is 0 Å². The monoisotopic (exact) mass is 275 g/mol. The van der Waals surface area contributed by atoms with Crippen LogP contribution in [0.5, 0.6) is 11.5 Å². The van der Waals surface area contributed by atoms with E-state index in [0.717, 1.165) is 10.5 Å². The van der Waals surface area contributed by atoms with Gasteiger partial charge in [0.1, 0.15) is 0 Å². The Morgan fingerprint density at radius 2 is 1.74 bits per heavy atom. The van der Waals surface area contributed by atoms with Crippen molar-refractivity contribution in [3.8, 4) is 11.5 Å². The van der Waals surface area contributed by atoms with Crippen LogP contribution < -0.4 is 15.2 Å². The van der Waals surface area contributed by atoms with Crippen molar-refractivity contribution in [3.05, 3.63) is 17.7 Å². The largest absolute Gasteiger partial charge is 0.493 e. The van der Waals surface area contributed by atoms with Crippen LogP contribution in [0.3, 0.4) is 0 Å². The van der Waals surface area contributed by atoms with Gasteiger partial charge in [-0.05, 0) is 29.4 Å². The van der Waals surface area contributed by atoms with Gasteiger partial charge in [0.05, 0.1) is 34.8 Å². The summed E-state index contributed by atoms with van der Waals surface area (Å²) >= 11 is 1.56. The highest BCUT2D eigenvalue weighted by Gasteiger charge is 2.35. The summed E-state index contributed by atoms with van der Waals surface area (Å²) in [7, 11) is 15.0. The molecule has 0 aliphatic carbocycles. The molecule has 4 radical (unpaired) electrons. The lowest BCUT2D eigenvalue weighted by molar-refractivity contribution is 0.345. The zero-order valence-electron chi connectivity index (χ0n) is 12.1. The first-order chi connectivity index (χ1) is 8.68. The Bertz CT molecular complexity index is 433. The Labute approximate surface area is 122 Å². The number of benzene rings is 1. The van der Waals surface area contributed by atoms with Crippen molar-refractivity contribution in [1.82, 2.24) is 0 Å². The van der Waals surface area contributed by atoms with Crippen molar-refractivity contribution in [1.29, 1.82) is 0 Å². The number of methoxy groups -OCH3 is 2. The molecule has 0 aromatic heterocycles. The van der Waals surface area contributed by atoms with Gasteiger partial charge in [0.2, 0.25) is 0 Å². The van der Waals surface area contributed by atoms with Crippen LogP contribution in [0.2, 0.25) is 0 Å². The average molecular weight is 275 g/mol. The smallest absolute Gasteiger partial charge is 0.174 e. The number of ether oxygens (including phenoxy) is 2. The van der Waals surface area contributed by atoms with Crippen LogP contribution in [0.15, 0.2) is 17.0 Å². The van der Waals surface area contributed by atoms with Gasteiger partial charge in [-0.2, -0.15) is 0 Å². The van der Waals surface area contributed by atoms with Gasteiger partial charge >= 0.3 is 0 Å². The van der Waals surface area contributed by atoms with Gasteiger partial charge in [0.15, 0.2) is 11.5 Å². The predicted octanol–water partition coefficient (Wildman–Crippen LogP) is 1.65. The molecule has 19 heavy (non-hydrogen) atoms. The van der Waals surface area contributed by atoms with Crippen LogP contribution in [-0.4, -0.2) is 41.5 Å². The molecule has 0 spiro atoms. The Hall–Kier alpha value is -0.740. The van der Waals surface area contributed by atoms with Gasteiger partial charge in [-0.3, -0.25) is 0 Å². The summed E-state index contributed by atoms with van der Waals surface area (Å²) in [6.45, 7) is 3.80. The number of nitrogens with two attached hydrogens (primary N) is 1. The first kappa shape index (κ1) is 16.3. The Balaban J connectivity index is 3.47. The van der Waals surface area contributed by atoms with Crippen molar-refractivity contribution in [2.75, 3.05) is 20.5 Å². The normalized spacial score (nSPS) is 12.3. The maximum Gasteiger partial charge on any atom is 0.174 e. The van der Waals surface area contributed by atoms with Gasteiger partial charge in [-0.25, -0.2) is 0 Å². The lowest BCUT2D eigenvalue weighted by Crippen LogP contribution is -2.56. The third kappa shape index (κ3) is 3.06. The van der Waals surface area contributed by atoms with Crippen LogP contribution in [0.25, 0.3) is 0 Å². The molecule has 1 rings (SSSR count).